The number of pyridine rings is 1. The number of hydrogen-bond donors (Lipinski definition) is 2. The van der Waals surface area contributed by atoms with Crippen molar-refractivity contribution in [2.75, 3.05) is 40.5 Å². The van der Waals surface area contributed by atoms with Gasteiger partial charge in [0.15, 0.2) is 0 Å². The van der Waals surface area contributed by atoms with E-state index < -0.39 is 11.7 Å². The Morgan fingerprint density at radius 3 is 2.69 bits per heavy atom. The first kappa shape index (κ1) is 28.6. The first-order valence-electron chi connectivity index (χ1n) is 14.4. The number of fused-ring (bicyclic) bond motifs is 1. The van der Waals surface area contributed by atoms with Crippen molar-refractivity contribution in [1.82, 2.24) is 29.6 Å². The normalized spacial score (nSPS) is 28.4. The van der Waals surface area contributed by atoms with E-state index >= 15 is 0 Å². The Morgan fingerprint density at radius 1 is 1.18 bits per heavy atom. The summed E-state index contributed by atoms with van der Waals surface area (Å²) >= 11 is 0. The van der Waals surface area contributed by atoms with Gasteiger partial charge in [0.25, 0.3) is 0 Å². The molecular formula is C28H43F3N6O2. The number of piperidine rings is 1. The summed E-state index contributed by atoms with van der Waals surface area (Å²) in [7, 11) is 3.78. The predicted molar refractivity (Wildman–Crippen MR) is 144 cm³/mol. The van der Waals surface area contributed by atoms with Gasteiger partial charge in [-0.15, -0.1) is 0 Å². The molecule has 1 saturated carbocycles. The Bertz CT molecular complexity index is 1180. The lowest BCUT2D eigenvalue weighted by atomic mass is 9.75. The van der Waals surface area contributed by atoms with Crippen LogP contribution in [-0.2, 0) is 17.5 Å². The van der Waals surface area contributed by atoms with Gasteiger partial charge in [0.2, 0.25) is 0 Å². The summed E-state index contributed by atoms with van der Waals surface area (Å²) in [6, 6.07) is 1.12. The number of methoxy groups -OCH3 is 1. The third-order valence-corrected chi connectivity index (χ3v) is 9.10. The molecule has 0 aromatic carbocycles. The second-order valence-corrected chi connectivity index (χ2v) is 12.0. The van der Waals surface area contributed by atoms with Crippen molar-refractivity contribution in [2.24, 2.45) is 17.8 Å². The van der Waals surface area contributed by atoms with Crippen molar-refractivity contribution in [2.45, 2.75) is 76.8 Å². The summed E-state index contributed by atoms with van der Waals surface area (Å²) in [5.41, 5.74) is 5.98. The molecule has 11 heteroatoms. The van der Waals surface area contributed by atoms with Crippen LogP contribution in [0.4, 0.5) is 13.2 Å². The van der Waals surface area contributed by atoms with E-state index in [1.54, 1.807) is 17.9 Å². The third-order valence-electron chi connectivity index (χ3n) is 9.10. The molecule has 39 heavy (non-hydrogen) atoms. The summed E-state index contributed by atoms with van der Waals surface area (Å²) in [4.78, 5) is 18.1. The molecule has 0 amide bonds. The Balaban J connectivity index is 1.44. The number of hydrogen-bond acceptors (Lipinski definition) is 6. The molecule has 3 unspecified atom stereocenters. The lowest BCUT2D eigenvalue weighted by Crippen LogP contribution is -2.46. The first-order valence-corrected chi connectivity index (χ1v) is 14.4. The highest BCUT2D eigenvalue weighted by Gasteiger charge is 2.39. The highest BCUT2D eigenvalue weighted by atomic mass is 19.4. The molecule has 2 saturated heterocycles. The lowest BCUT2D eigenvalue weighted by molar-refractivity contribution is -0.136. The van der Waals surface area contributed by atoms with Gasteiger partial charge in [0.05, 0.1) is 23.9 Å². The van der Waals surface area contributed by atoms with Crippen LogP contribution in [0.1, 0.15) is 69.0 Å². The first-order chi connectivity index (χ1) is 18.7. The second kappa shape index (κ2) is 11.9. The molecule has 8 nitrogen and oxygen atoms in total. The van der Waals surface area contributed by atoms with E-state index in [-0.39, 0.29) is 23.4 Å². The number of aromatic nitrogens is 2. The molecule has 2 N–H and O–H groups in total. The number of rotatable bonds is 8. The van der Waals surface area contributed by atoms with Crippen LogP contribution in [0.25, 0.3) is 5.52 Å². The molecule has 218 valence electrons. The molecule has 0 bridgehead atoms. The predicted octanol–water partition coefficient (Wildman–Crippen LogP) is 4.06. The van der Waals surface area contributed by atoms with Crippen molar-refractivity contribution in [3.8, 4) is 0 Å². The van der Waals surface area contributed by atoms with Gasteiger partial charge in [-0.3, -0.25) is 18.8 Å². The lowest BCUT2D eigenvalue weighted by Gasteiger charge is -2.39. The Hall–Kier alpha value is -1.92. The SMILES string of the molecule is COCC[C@H](C1CCCC(n2cc3c(C(F)(F)F)cc(CN4CCC[C@H](C)C4)cn3c2=O)C1)C1NNCN1C. The molecule has 0 spiro atoms. The van der Waals surface area contributed by atoms with Crippen LogP contribution in [0.15, 0.2) is 23.3 Å². The van der Waals surface area contributed by atoms with Gasteiger partial charge in [-0.05, 0) is 81.5 Å². The molecular weight excluding hydrogens is 509 g/mol. The third kappa shape index (κ3) is 6.22. The Labute approximate surface area is 228 Å². The molecule has 3 fully saturated rings. The average Bonchev–Trinajstić information content (AvgIpc) is 3.46. The number of nitrogens with one attached hydrogen (secondary N) is 2. The van der Waals surface area contributed by atoms with Crippen molar-refractivity contribution >= 4 is 5.52 Å². The van der Waals surface area contributed by atoms with Crippen LogP contribution in [0.5, 0.6) is 0 Å². The van der Waals surface area contributed by atoms with Gasteiger partial charge >= 0.3 is 11.9 Å². The molecule has 1 aliphatic carbocycles. The van der Waals surface area contributed by atoms with Gasteiger partial charge < -0.3 is 4.74 Å². The van der Waals surface area contributed by atoms with E-state index in [1.807, 2.05) is 0 Å². The highest BCUT2D eigenvalue weighted by molar-refractivity contribution is 5.56. The quantitative estimate of drug-likeness (QED) is 0.515. The molecule has 0 radical (unpaired) electrons. The summed E-state index contributed by atoms with van der Waals surface area (Å²) in [6.45, 7) is 5.71. The number of alkyl halides is 3. The Kier molecular flexibility index (Phi) is 8.73. The molecule has 2 aliphatic heterocycles. The molecule has 2 aromatic rings. The van der Waals surface area contributed by atoms with Crippen molar-refractivity contribution in [3.05, 3.63) is 40.1 Å². The zero-order chi connectivity index (χ0) is 27.7. The zero-order valence-corrected chi connectivity index (χ0v) is 23.3. The van der Waals surface area contributed by atoms with E-state index in [1.165, 1.54) is 16.7 Å². The molecule has 5 atom stereocenters. The van der Waals surface area contributed by atoms with Crippen molar-refractivity contribution < 1.29 is 17.9 Å². The monoisotopic (exact) mass is 552 g/mol. The summed E-state index contributed by atoms with van der Waals surface area (Å²) < 4.78 is 51.0. The molecule has 3 aliphatic rings. The topological polar surface area (TPSA) is 66.2 Å². The molecule has 5 rings (SSSR count). The standard InChI is InChI=1S/C28H43F3N6O2/c1-19-6-5-10-35(14-19)15-20-12-24(28(29,30)31)25-17-36(27(38)37(25)16-20)22-8-4-7-21(13-22)23(9-11-39-3)26-33-32-18-34(26)2/h12,16-17,19,21-23,26,32-33H,4-11,13-15,18H2,1-3H3/t19-,21?,22?,23+,26?/m0/s1. The minimum atomic E-state index is -4.54. The van der Waals surface area contributed by atoms with E-state index in [9.17, 15) is 18.0 Å². The summed E-state index contributed by atoms with van der Waals surface area (Å²) in [5.74, 6) is 1.15. The van der Waals surface area contributed by atoms with Gasteiger partial charge in [0, 0.05) is 45.2 Å². The minimum Gasteiger partial charge on any atom is -0.385 e. The fourth-order valence-corrected chi connectivity index (χ4v) is 7.19. The maximum absolute atomic E-state index is 14.2. The maximum Gasteiger partial charge on any atom is 0.418 e. The second-order valence-electron chi connectivity index (χ2n) is 12.0. The molecule has 2 aromatic heterocycles. The van der Waals surface area contributed by atoms with Crippen LogP contribution in [-0.4, -0.2) is 65.5 Å². The smallest absolute Gasteiger partial charge is 0.385 e. The maximum atomic E-state index is 14.2. The Morgan fingerprint density at radius 2 is 2.00 bits per heavy atom. The largest absolute Gasteiger partial charge is 0.418 e. The van der Waals surface area contributed by atoms with Crippen molar-refractivity contribution in [1.29, 1.82) is 0 Å². The minimum absolute atomic E-state index is 0.0530. The summed E-state index contributed by atoms with van der Waals surface area (Å²) in [5, 5.41) is 0. The van der Waals surface area contributed by atoms with Crippen LogP contribution < -0.4 is 16.5 Å². The van der Waals surface area contributed by atoms with Crippen LogP contribution >= 0.6 is 0 Å². The highest BCUT2D eigenvalue weighted by Crippen LogP contribution is 2.40. The van der Waals surface area contributed by atoms with Crippen molar-refractivity contribution in [3.63, 3.8) is 0 Å². The number of nitrogens with zero attached hydrogens (tertiary/aromatic N) is 4. The number of hydrazine groups is 1. The van der Waals surface area contributed by atoms with Gasteiger partial charge in [0.1, 0.15) is 0 Å². The van der Waals surface area contributed by atoms with E-state index in [0.717, 1.165) is 64.7 Å². The van der Waals surface area contributed by atoms with E-state index in [0.29, 0.717) is 36.5 Å². The zero-order valence-electron chi connectivity index (χ0n) is 23.3. The fourth-order valence-electron chi connectivity index (χ4n) is 7.19. The average molecular weight is 553 g/mol. The number of likely N-dealkylation sites (tertiary alicyclic amines) is 1. The van der Waals surface area contributed by atoms with Crippen LogP contribution in [0.2, 0.25) is 0 Å². The van der Waals surface area contributed by atoms with Gasteiger partial charge in [-0.2, -0.15) is 13.2 Å². The van der Waals surface area contributed by atoms with Gasteiger partial charge in [-0.1, -0.05) is 13.3 Å². The number of halogens is 3. The van der Waals surface area contributed by atoms with E-state index in [2.05, 4.69) is 34.6 Å². The van der Waals surface area contributed by atoms with Gasteiger partial charge in [-0.25, -0.2) is 15.6 Å². The fraction of sp³-hybridized carbons (Fsp3) is 0.750. The summed E-state index contributed by atoms with van der Waals surface area (Å²) in [6.07, 6.45) is 5.27. The van der Waals surface area contributed by atoms with Crippen LogP contribution in [0.3, 0.4) is 0 Å². The van der Waals surface area contributed by atoms with E-state index in [4.69, 9.17) is 4.74 Å². The number of ether oxygens (including phenoxy) is 1. The van der Waals surface area contributed by atoms with Crippen LogP contribution in [0, 0.1) is 17.8 Å². The molecule has 4 heterocycles. The number of imidazole rings is 1.